The number of aryl methyl sites for hydroxylation is 1. The van der Waals surface area contributed by atoms with Gasteiger partial charge >= 0.3 is 0 Å². The molecule has 0 aromatic heterocycles. The summed E-state index contributed by atoms with van der Waals surface area (Å²) < 4.78 is 0. The lowest BCUT2D eigenvalue weighted by atomic mass is 10.2. The number of para-hydroxylation sites is 1. The zero-order valence-electron chi connectivity index (χ0n) is 12.6. The highest BCUT2D eigenvalue weighted by atomic mass is 16.2. The van der Waals surface area contributed by atoms with Crippen molar-refractivity contribution in [2.24, 2.45) is 0 Å². The number of benzene rings is 1. The molecule has 4 heteroatoms. The lowest BCUT2D eigenvalue weighted by Crippen LogP contribution is -2.48. The molecule has 1 aliphatic heterocycles. The van der Waals surface area contributed by atoms with Crippen molar-refractivity contribution in [3.8, 4) is 0 Å². The molecule has 1 amide bonds. The van der Waals surface area contributed by atoms with Gasteiger partial charge in [-0.25, -0.2) is 0 Å². The molecule has 0 bridgehead atoms. The molecule has 1 saturated heterocycles. The van der Waals surface area contributed by atoms with E-state index >= 15 is 0 Å². The molecule has 0 aliphatic carbocycles. The van der Waals surface area contributed by atoms with E-state index in [1.54, 1.807) is 0 Å². The average Bonchev–Trinajstić information content (AvgIpc) is 2.44. The van der Waals surface area contributed by atoms with Crippen molar-refractivity contribution in [2.75, 3.05) is 44.6 Å². The number of hydrogen-bond acceptors (Lipinski definition) is 3. The highest BCUT2D eigenvalue weighted by Gasteiger charge is 2.18. The largest absolute Gasteiger partial charge is 0.325 e. The highest BCUT2D eigenvalue weighted by molar-refractivity contribution is 5.92. The van der Waals surface area contributed by atoms with Crippen molar-refractivity contribution in [1.82, 2.24) is 9.80 Å². The summed E-state index contributed by atoms with van der Waals surface area (Å²) in [5.41, 5.74) is 2.02. The second kappa shape index (κ2) is 7.41. The van der Waals surface area contributed by atoms with E-state index in [-0.39, 0.29) is 5.91 Å². The maximum atomic E-state index is 12.1. The van der Waals surface area contributed by atoms with Crippen molar-refractivity contribution in [1.29, 1.82) is 0 Å². The second-order valence-electron chi connectivity index (χ2n) is 5.48. The van der Waals surface area contributed by atoms with Crippen LogP contribution in [0, 0.1) is 6.92 Å². The van der Waals surface area contributed by atoms with Gasteiger partial charge in [-0.15, -0.1) is 0 Å². The van der Waals surface area contributed by atoms with Crippen LogP contribution < -0.4 is 5.32 Å². The molecule has 0 saturated carbocycles. The summed E-state index contributed by atoms with van der Waals surface area (Å²) in [6, 6.07) is 7.90. The number of anilines is 1. The Kier molecular flexibility index (Phi) is 5.56. The SMILES string of the molecule is CCCN1CCN(CC(=O)Nc2ccccc2C)CC1. The van der Waals surface area contributed by atoms with Gasteiger partial charge < -0.3 is 10.2 Å². The molecule has 1 heterocycles. The normalized spacial score (nSPS) is 17.1. The minimum absolute atomic E-state index is 0.0863. The summed E-state index contributed by atoms with van der Waals surface area (Å²) >= 11 is 0. The third-order valence-electron chi connectivity index (χ3n) is 3.79. The summed E-state index contributed by atoms with van der Waals surface area (Å²) in [6.45, 7) is 10.0. The van der Waals surface area contributed by atoms with Crippen molar-refractivity contribution in [3.05, 3.63) is 29.8 Å². The first-order valence-corrected chi connectivity index (χ1v) is 7.49. The Hall–Kier alpha value is -1.39. The third kappa shape index (κ3) is 4.32. The van der Waals surface area contributed by atoms with E-state index in [9.17, 15) is 4.79 Å². The molecular weight excluding hydrogens is 250 g/mol. The Morgan fingerprint density at radius 3 is 2.45 bits per heavy atom. The molecular formula is C16H25N3O. The molecule has 1 aromatic rings. The van der Waals surface area contributed by atoms with Crippen molar-refractivity contribution < 1.29 is 4.79 Å². The first-order valence-electron chi connectivity index (χ1n) is 7.49. The van der Waals surface area contributed by atoms with E-state index in [1.807, 2.05) is 31.2 Å². The zero-order chi connectivity index (χ0) is 14.4. The topological polar surface area (TPSA) is 35.6 Å². The van der Waals surface area contributed by atoms with Crippen molar-refractivity contribution >= 4 is 11.6 Å². The standard InChI is InChI=1S/C16H25N3O/c1-3-8-18-9-11-19(12-10-18)13-16(20)17-15-7-5-4-6-14(15)2/h4-7H,3,8-13H2,1-2H3,(H,17,20). The molecule has 0 spiro atoms. The maximum absolute atomic E-state index is 12.1. The fraction of sp³-hybridized carbons (Fsp3) is 0.562. The lowest BCUT2D eigenvalue weighted by Gasteiger charge is -2.34. The van der Waals surface area contributed by atoms with Crippen molar-refractivity contribution in [3.63, 3.8) is 0 Å². The van der Waals surface area contributed by atoms with Crippen molar-refractivity contribution in [2.45, 2.75) is 20.3 Å². The summed E-state index contributed by atoms with van der Waals surface area (Å²) in [7, 11) is 0. The Labute approximate surface area is 121 Å². The van der Waals surface area contributed by atoms with Gasteiger partial charge in [-0.05, 0) is 31.5 Å². The fourth-order valence-electron chi connectivity index (χ4n) is 2.59. The predicted octanol–water partition coefficient (Wildman–Crippen LogP) is 1.96. The monoisotopic (exact) mass is 275 g/mol. The van der Waals surface area contributed by atoms with Gasteiger partial charge in [-0.3, -0.25) is 9.69 Å². The van der Waals surface area contributed by atoms with E-state index < -0.39 is 0 Å². The summed E-state index contributed by atoms with van der Waals surface area (Å²) in [4.78, 5) is 16.8. The first-order chi connectivity index (χ1) is 9.69. The van der Waals surface area contributed by atoms with Crippen LogP contribution in [0.2, 0.25) is 0 Å². The molecule has 1 fully saturated rings. The van der Waals surface area contributed by atoms with E-state index in [0.717, 1.165) is 37.4 Å². The Balaban J connectivity index is 1.77. The summed E-state index contributed by atoms with van der Waals surface area (Å²) in [5.74, 6) is 0.0863. The zero-order valence-corrected chi connectivity index (χ0v) is 12.6. The molecule has 2 rings (SSSR count). The second-order valence-corrected chi connectivity index (χ2v) is 5.48. The number of piperazine rings is 1. The van der Waals surface area contributed by atoms with Gasteiger partial charge in [0.25, 0.3) is 0 Å². The molecule has 4 nitrogen and oxygen atoms in total. The van der Waals surface area contributed by atoms with Gasteiger partial charge in [0, 0.05) is 31.9 Å². The van der Waals surface area contributed by atoms with Crippen LogP contribution in [0.4, 0.5) is 5.69 Å². The smallest absolute Gasteiger partial charge is 0.238 e. The molecule has 110 valence electrons. The van der Waals surface area contributed by atoms with Gasteiger partial charge in [0.15, 0.2) is 0 Å². The summed E-state index contributed by atoms with van der Waals surface area (Å²) in [6.07, 6.45) is 1.20. The molecule has 1 aliphatic rings. The molecule has 0 unspecified atom stereocenters. The number of nitrogens with one attached hydrogen (secondary N) is 1. The molecule has 0 radical (unpaired) electrons. The predicted molar refractivity (Wildman–Crippen MR) is 83.0 cm³/mol. The first kappa shape index (κ1) is 15.0. The Morgan fingerprint density at radius 1 is 1.15 bits per heavy atom. The van der Waals surface area contributed by atoms with Crippen LogP contribution in [-0.2, 0) is 4.79 Å². The van der Waals surface area contributed by atoms with Crippen LogP contribution in [0.25, 0.3) is 0 Å². The summed E-state index contributed by atoms with van der Waals surface area (Å²) in [5, 5.41) is 3.00. The number of nitrogens with zero attached hydrogens (tertiary/aromatic N) is 2. The van der Waals surface area contributed by atoms with Crippen LogP contribution in [-0.4, -0.2) is 55.0 Å². The Morgan fingerprint density at radius 2 is 1.80 bits per heavy atom. The van der Waals surface area contributed by atoms with Gasteiger partial charge in [0.05, 0.1) is 6.54 Å². The number of rotatable bonds is 5. The number of hydrogen-bond donors (Lipinski definition) is 1. The quantitative estimate of drug-likeness (QED) is 0.892. The van der Waals surface area contributed by atoms with Gasteiger partial charge in [-0.1, -0.05) is 25.1 Å². The third-order valence-corrected chi connectivity index (χ3v) is 3.79. The van der Waals surface area contributed by atoms with Gasteiger partial charge in [-0.2, -0.15) is 0 Å². The van der Waals surface area contributed by atoms with Crippen LogP contribution in [0.3, 0.4) is 0 Å². The molecule has 1 N–H and O–H groups in total. The average molecular weight is 275 g/mol. The van der Waals surface area contributed by atoms with Crippen LogP contribution in [0.1, 0.15) is 18.9 Å². The Bertz CT molecular complexity index is 439. The van der Waals surface area contributed by atoms with Gasteiger partial charge in [0.1, 0.15) is 0 Å². The lowest BCUT2D eigenvalue weighted by molar-refractivity contribution is -0.117. The minimum atomic E-state index is 0.0863. The van der Waals surface area contributed by atoms with E-state index in [2.05, 4.69) is 22.0 Å². The highest BCUT2D eigenvalue weighted by Crippen LogP contribution is 2.13. The minimum Gasteiger partial charge on any atom is -0.325 e. The van der Waals surface area contributed by atoms with E-state index in [4.69, 9.17) is 0 Å². The molecule has 0 atom stereocenters. The number of carbonyl (C=O) groups excluding carboxylic acids is 1. The molecule has 20 heavy (non-hydrogen) atoms. The van der Waals surface area contributed by atoms with E-state index in [0.29, 0.717) is 6.54 Å². The van der Waals surface area contributed by atoms with Gasteiger partial charge in [0.2, 0.25) is 5.91 Å². The van der Waals surface area contributed by atoms with Crippen LogP contribution in [0.5, 0.6) is 0 Å². The molecule has 1 aromatic carbocycles. The van der Waals surface area contributed by atoms with Crippen LogP contribution >= 0.6 is 0 Å². The maximum Gasteiger partial charge on any atom is 0.238 e. The van der Waals surface area contributed by atoms with Crippen LogP contribution in [0.15, 0.2) is 24.3 Å². The fourth-order valence-corrected chi connectivity index (χ4v) is 2.59. The number of carbonyl (C=O) groups is 1. The van der Waals surface area contributed by atoms with E-state index in [1.165, 1.54) is 13.0 Å². The number of amides is 1.